The first-order valence-electron chi connectivity index (χ1n) is 6.28. The topological polar surface area (TPSA) is 66.4 Å². The van der Waals surface area contributed by atoms with Crippen LogP contribution < -0.4 is 5.32 Å². The van der Waals surface area contributed by atoms with Gasteiger partial charge in [0.2, 0.25) is 5.91 Å². The second-order valence-corrected chi connectivity index (χ2v) is 5.09. The molecule has 110 valence electrons. The molecule has 1 aliphatic carbocycles. The van der Waals surface area contributed by atoms with Crippen LogP contribution in [0.4, 0.5) is 13.2 Å². The summed E-state index contributed by atoms with van der Waals surface area (Å²) >= 11 is 0. The van der Waals surface area contributed by atoms with Crippen LogP contribution in [0.3, 0.4) is 0 Å². The summed E-state index contributed by atoms with van der Waals surface area (Å²) in [5.41, 5.74) is -1.42. The Balaban J connectivity index is 2.69. The number of carbonyl (C=O) groups excluding carboxylic acids is 1. The van der Waals surface area contributed by atoms with Gasteiger partial charge in [-0.25, -0.2) is 4.79 Å². The Bertz CT molecular complexity index is 357. The minimum Gasteiger partial charge on any atom is -0.479 e. The first-order chi connectivity index (χ1) is 8.67. The standard InChI is InChI=1S/C12H18F3NO3/c1-8-4-2-3-6-11(8,10(18)19)16-9(17)5-7-12(13,14)15/h8H,2-7H2,1H3,(H,16,17)(H,18,19). The number of carboxylic acid groups (broad SMARTS) is 1. The molecule has 0 heterocycles. The molecule has 2 atom stereocenters. The molecule has 0 aromatic rings. The molecule has 0 aromatic carbocycles. The van der Waals surface area contributed by atoms with E-state index in [2.05, 4.69) is 5.32 Å². The van der Waals surface area contributed by atoms with Crippen LogP contribution in [0.5, 0.6) is 0 Å². The lowest BCUT2D eigenvalue weighted by Crippen LogP contribution is -2.60. The van der Waals surface area contributed by atoms with E-state index >= 15 is 0 Å². The molecule has 7 heteroatoms. The van der Waals surface area contributed by atoms with Gasteiger partial charge in [0.1, 0.15) is 5.54 Å². The second kappa shape index (κ2) is 5.79. The number of alkyl halides is 3. The first-order valence-corrected chi connectivity index (χ1v) is 6.28. The molecule has 1 fully saturated rings. The number of carboxylic acids is 1. The molecular formula is C12H18F3NO3. The molecule has 1 amide bonds. The zero-order valence-corrected chi connectivity index (χ0v) is 10.7. The molecule has 0 spiro atoms. The van der Waals surface area contributed by atoms with Gasteiger partial charge in [-0.1, -0.05) is 19.8 Å². The third-order valence-electron chi connectivity index (χ3n) is 3.68. The first kappa shape index (κ1) is 15.8. The summed E-state index contributed by atoms with van der Waals surface area (Å²) < 4.78 is 36.1. The average Bonchev–Trinajstić information content (AvgIpc) is 2.28. The lowest BCUT2D eigenvalue weighted by Gasteiger charge is -2.39. The van der Waals surface area contributed by atoms with Gasteiger partial charge in [0.05, 0.1) is 6.42 Å². The Kier molecular flexibility index (Phi) is 4.81. The normalized spacial score (nSPS) is 27.9. The molecular weight excluding hydrogens is 263 g/mol. The van der Waals surface area contributed by atoms with E-state index in [1.165, 1.54) is 0 Å². The summed E-state index contributed by atoms with van der Waals surface area (Å²) in [7, 11) is 0. The van der Waals surface area contributed by atoms with E-state index in [1.54, 1.807) is 6.92 Å². The van der Waals surface area contributed by atoms with Gasteiger partial charge in [-0.3, -0.25) is 4.79 Å². The van der Waals surface area contributed by atoms with Crippen molar-refractivity contribution in [3.8, 4) is 0 Å². The minimum absolute atomic E-state index is 0.265. The lowest BCUT2D eigenvalue weighted by molar-refractivity contribution is -0.154. The molecule has 2 unspecified atom stereocenters. The van der Waals surface area contributed by atoms with Crippen LogP contribution in [-0.2, 0) is 9.59 Å². The van der Waals surface area contributed by atoms with Crippen molar-refractivity contribution in [2.75, 3.05) is 0 Å². The smallest absolute Gasteiger partial charge is 0.389 e. The van der Waals surface area contributed by atoms with Crippen molar-refractivity contribution in [3.63, 3.8) is 0 Å². The molecule has 4 nitrogen and oxygen atoms in total. The molecule has 0 aliphatic heterocycles. The van der Waals surface area contributed by atoms with Crippen molar-refractivity contribution in [2.24, 2.45) is 5.92 Å². The third-order valence-corrected chi connectivity index (χ3v) is 3.68. The lowest BCUT2D eigenvalue weighted by atomic mass is 9.73. The van der Waals surface area contributed by atoms with Crippen molar-refractivity contribution in [1.29, 1.82) is 0 Å². The Labute approximate surface area is 109 Å². The van der Waals surface area contributed by atoms with E-state index in [1.807, 2.05) is 0 Å². The zero-order valence-electron chi connectivity index (χ0n) is 10.7. The number of amides is 1. The van der Waals surface area contributed by atoms with Crippen LogP contribution in [0.1, 0.15) is 45.4 Å². The van der Waals surface area contributed by atoms with Crippen LogP contribution >= 0.6 is 0 Å². The summed E-state index contributed by atoms with van der Waals surface area (Å²) in [6.07, 6.45) is -3.95. The maximum Gasteiger partial charge on any atom is 0.389 e. The summed E-state index contributed by atoms with van der Waals surface area (Å²) in [5.74, 6) is -2.30. The van der Waals surface area contributed by atoms with Gasteiger partial charge in [-0.2, -0.15) is 13.2 Å². The van der Waals surface area contributed by atoms with Gasteiger partial charge in [-0.05, 0) is 18.8 Å². The molecule has 1 rings (SSSR count). The van der Waals surface area contributed by atoms with Gasteiger partial charge in [0.25, 0.3) is 0 Å². The van der Waals surface area contributed by atoms with Gasteiger partial charge in [0.15, 0.2) is 0 Å². The van der Waals surface area contributed by atoms with E-state index in [-0.39, 0.29) is 12.3 Å². The van der Waals surface area contributed by atoms with E-state index in [0.29, 0.717) is 12.8 Å². The zero-order chi connectivity index (χ0) is 14.7. The molecule has 1 saturated carbocycles. The van der Waals surface area contributed by atoms with Crippen molar-refractivity contribution in [3.05, 3.63) is 0 Å². The Morgan fingerprint density at radius 1 is 1.37 bits per heavy atom. The molecule has 0 radical (unpaired) electrons. The van der Waals surface area contributed by atoms with Crippen LogP contribution in [0.25, 0.3) is 0 Å². The SMILES string of the molecule is CC1CCCCC1(NC(=O)CCC(F)(F)F)C(=O)O. The Hall–Kier alpha value is -1.27. The fourth-order valence-electron chi connectivity index (χ4n) is 2.47. The van der Waals surface area contributed by atoms with Crippen molar-refractivity contribution < 1.29 is 27.9 Å². The molecule has 0 bridgehead atoms. The number of carbonyl (C=O) groups is 2. The highest BCUT2D eigenvalue weighted by atomic mass is 19.4. The quantitative estimate of drug-likeness (QED) is 0.832. The molecule has 0 aromatic heterocycles. The molecule has 2 N–H and O–H groups in total. The number of nitrogens with one attached hydrogen (secondary N) is 1. The number of halogens is 3. The predicted molar refractivity (Wildman–Crippen MR) is 61.4 cm³/mol. The van der Waals surface area contributed by atoms with Gasteiger partial charge >= 0.3 is 12.1 Å². The maximum absolute atomic E-state index is 12.0. The van der Waals surface area contributed by atoms with Crippen LogP contribution in [0, 0.1) is 5.92 Å². The predicted octanol–water partition coefficient (Wildman–Crippen LogP) is 2.48. The highest BCUT2D eigenvalue weighted by Crippen LogP contribution is 2.34. The maximum atomic E-state index is 12.0. The fraction of sp³-hybridized carbons (Fsp3) is 0.833. The number of hydrogen-bond donors (Lipinski definition) is 2. The third kappa shape index (κ3) is 4.11. The summed E-state index contributed by atoms with van der Waals surface area (Å²) in [6, 6.07) is 0. The summed E-state index contributed by atoms with van der Waals surface area (Å²) in [6.45, 7) is 1.71. The van der Waals surface area contributed by atoms with Gasteiger partial charge < -0.3 is 10.4 Å². The summed E-state index contributed by atoms with van der Waals surface area (Å²) in [5, 5.41) is 11.6. The van der Waals surface area contributed by atoms with E-state index in [4.69, 9.17) is 0 Å². The highest BCUT2D eigenvalue weighted by molar-refractivity contribution is 5.87. The van der Waals surface area contributed by atoms with Crippen molar-refractivity contribution >= 4 is 11.9 Å². The van der Waals surface area contributed by atoms with Gasteiger partial charge in [0, 0.05) is 6.42 Å². The van der Waals surface area contributed by atoms with Crippen LogP contribution in [0.15, 0.2) is 0 Å². The Morgan fingerprint density at radius 2 is 2.00 bits per heavy atom. The summed E-state index contributed by atoms with van der Waals surface area (Å²) in [4.78, 5) is 22.9. The molecule has 1 aliphatic rings. The number of rotatable bonds is 4. The average molecular weight is 281 g/mol. The number of aliphatic carboxylic acids is 1. The van der Waals surface area contributed by atoms with Crippen LogP contribution in [-0.4, -0.2) is 28.7 Å². The Morgan fingerprint density at radius 3 is 2.47 bits per heavy atom. The van der Waals surface area contributed by atoms with E-state index in [9.17, 15) is 27.9 Å². The van der Waals surface area contributed by atoms with E-state index < -0.39 is 36.4 Å². The van der Waals surface area contributed by atoms with Crippen LogP contribution in [0.2, 0.25) is 0 Å². The monoisotopic (exact) mass is 281 g/mol. The van der Waals surface area contributed by atoms with Crippen molar-refractivity contribution in [1.82, 2.24) is 5.32 Å². The van der Waals surface area contributed by atoms with Gasteiger partial charge in [-0.15, -0.1) is 0 Å². The second-order valence-electron chi connectivity index (χ2n) is 5.09. The molecule has 19 heavy (non-hydrogen) atoms. The van der Waals surface area contributed by atoms with E-state index in [0.717, 1.165) is 6.42 Å². The van der Waals surface area contributed by atoms with Crippen molar-refractivity contribution in [2.45, 2.75) is 57.2 Å². The highest BCUT2D eigenvalue weighted by Gasteiger charge is 2.46. The largest absolute Gasteiger partial charge is 0.479 e. The fourth-order valence-corrected chi connectivity index (χ4v) is 2.47. The number of hydrogen-bond acceptors (Lipinski definition) is 2. The minimum atomic E-state index is -4.41. The molecule has 0 saturated heterocycles.